The first-order valence-corrected chi connectivity index (χ1v) is 7.82. The summed E-state index contributed by atoms with van der Waals surface area (Å²) >= 11 is 0. The van der Waals surface area contributed by atoms with Gasteiger partial charge in [-0.3, -0.25) is 9.59 Å². The second kappa shape index (κ2) is 5.20. The van der Waals surface area contributed by atoms with Gasteiger partial charge in [0.1, 0.15) is 0 Å². The number of aromatic nitrogens is 2. The van der Waals surface area contributed by atoms with Crippen molar-refractivity contribution in [1.29, 1.82) is 0 Å². The van der Waals surface area contributed by atoms with E-state index in [9.17, 15) is 9.59 Å². The van der Waals surface area contributed by atoms with Crippen molar-refractivity contribution in [2.75, 3.05) is 0 Å². The molecule has 4 nitrogen and oxygen atoms in total. The molecule has 0 saturated heterocycles. The second-order valence-electron chi connectivity index (χ2n) is 5.91. The summed E-state index contributed by atoms with van der Waals surface area (Å²) in [7, 11) is 0. The van der Waals surface area contributed by atoms with E-state index in [2.05, 4.69) is 0 Å². The van der Waals surface area contributed by atoms with Crippen molar-refractivity contribution in [2.45, 2.75) is 13.8 Å². The number of hydrogen-bond acceptors (Lipinski definition) is 2. The van der Waals surface area contributed by atoms with Gasteiger partial charge in [-0.1, -0.05) is 60.7 Å². The van der Waals surface area contributed by atoms with Crippen LogP contribution in [-0.4, -0.2) is 9.03 Å². The third-order valence-corrected chi connectivity index (χ3v) is 4.45. The summed E-state index contributed by atoms with van der Waals surface area (Å²) in [6, 6.07) is 19.4. The lowest BCUT2D eigenvalue weighted by Crippen LogP contribution is -2.23. The first-order valence-electron chi connectivity index (χ1n) is 7.82. The Kier molecular flexibility index (Phi) is 3.13. The van der Waals surface area contributed by atoms with Gasteiger partial charge in [0.05, 0.1) is 11.4 Å². The molecule has 2 heterocycles. The van der Waals surface area contributed by atoms with Gasteiger partial charge in [0, 0.05) is 22.3 Å². The van der Waals surface area contributed by atoms with Crippen LogP contribution in [0.2, 0.25) is 0 Å². The Morgan fingerprint density at radius 1 is 0.583 bits per heavy atom. The molecule has 0 amide bonds. The molecule has 0 radical (unpaired) electrons. The van der Waals surface area contributed by atoms with Crippen molar-refractivity contribution in [1.82, 2.24) is 9.03 Å². The topological polar surface area (TPSA) is 43.0 Å². The summed E-state index contributed by atoms with van der Waals surface area (Å²) in [4.78, 5) is 25.4. The van der Waals surface area contributed by atoms with E-state index in [1.165, 1.54) is 4.52 Å². The third-order valence-electron chi connectivity index (χ3n) is 4.45. The van der Waals surface area contributed by atoms with Crippen LogP contribution in [0.3, 0.4) is 0 Å². The summed E-state index contributed by atoms with van der Waals surface area (Å²) in [6.07, 6.45) is 0. The Bertz CT molecular complexity index is 1050. The number of nitrogens with zero attached hydrogens (tertiary/aromatic N) is 2. The maximum Gasteiger partial charge on any atom is 0.278 e. The van der Waals surface area contributed by atoms with E-state index in [0.29, 0.717) is 11.1 Å². The Labute approximate surface area is 138 Å². The van der Waals surface area contributed by atoms with Crippen LogP contribution in [0.4, 0.5) is 0 Å². The summed E-state index contributed by atoms with van der Waals surface area (Å²) in [5, 5.41) is 0. The van der Waals surface area contributed by atoms with Crippen molar-refractivity contribution < 1.29 is 0 Å². The largest absolute Gasteiger partial charge is 0.278 e. The number of hydrogen-bond donors (Lipinski definition) is 0. The Balaban J connectivity index is 2.23. The maximum atomic E-state index is 12.7. The van der Waals surface area contributed by atoms with Gasteiger partial charge in [0.25, 0.3) is 11.1 Å². The van der Waals surface area contributed by atoms with Crippen LogP contribution in [0.1, 0.15) is 11.1 Å². The fourth-order valence-corrected chi connectivity index (χ4v) is 3.29. The van der Waals surface area contributed by atoms with Gasteiger partial charge in [-0.2, -0.15) is 4.52 Å². The molecule has 4 rings (SSSR count). The van der Waals surface area contributed by atoms with Gasteiger partial charge >= 0.3 is 0 Å². The smallest absolute Gasteiger partial charge is 0.267 e. The van der Waals surface area contributed by atoms with E-state index in [1.807, 2.05) is 60.7 Å². The minimum Gasteiger partial charge on any atom is -0.267 e. The fourth-order valence-electron chi connectivity index (χ4n) is 3.29. The molecule has 0 fully saturated rings. The lowest BCUT2D eigenvalue weighted by atomic mass is 10.1. The van der Waals surface area contributed by atoms with Crippen molar-refractivity contribution in [2.24, 2.45) is 0 Å². The third kappa shape index (κ3) is 1.86. The molecule has 0 bridgehead atoms. The first-order chi connectivity index (χ1) is 11.6. The quantitative estimate of drug-likeness (QED) is 0.570. The molecule has 0 spiro atoms. The first kappa shape index (κ1) is 14.5. The lowest BCUT2D eigenvalue weighted by Gasteiger charge is -2.07. The monoisotopic (exact) mass is 316 g/mol. The molecule has 118 valence electrons. The molecule has 0 N–H and O–H groups in total. The minimum atomic E-state index is -0.260. The SMILES string of the molecule is Cc1c(-c2ccccc2)n2c(-c3ccccc3)c(C)c(=O)n2c1=O. The summed E-state index contributed by atoms with van der Waals surface area (Å²) in [5.41, 5.74) is 4.01. The van der Waals surface area contributed by atoms with E-state index in [0.717, 1.165) is 22.5 Å². The van der Waals surface area contributed by atoms with E-state index in [1.54, 1.807) is 18.4 Å². The van der Waals surface area contributed by atoms with Crippen molar-refractivity contribution >= 4 is 0 Å². The van der Waals surface area contributed by atoms with E-state index >= 15 is 0 Å². The standard InChI is InChI=1S/C20H16N2O2/c1-13-17(15-9-5-3-6-10-15)21-18(16-11-7-4-8-12-16)14(2)20(24)22(21)19(13)23/h3-12H,1-2H3. The summed E-state index contributed by atoms with van der Waals surface area (Å²) in [6.45, 7) is 3.54. The second-order valence-corrected chi connectivity index (χ2v) is 5.91. The molecule has 4 heteroatoms. The molecule has 0 atom stereocenters. The molecule has 0 unspecified atom stereocenters. The van der Waals surface area contributed by atoms with Crippen molar-refractivity contribution in [3.63, 3.8) is 0 Å². The average molecular weight is 316 g/mol. The predicted molar refractivity (Wildman–Crippen MR) is 94.9 cm³/mol. The van der Waals surface area contributed by atoms with Crippen LogP contribution in [0, 0.1) is 13.8 Å². The molecule has 4 aromatic rings. The highest BCUT2D eigenvalue weighted by atomic mass is 16.2. The van der Waals surface area contributed by atoms with E-state index < -0.39 is 0 Å². The molecule has 0 aliphatic rings. The van der Waals surface area contributed by atoms with Crippen molar-refractivity contribution in [3.05, 3.63) is 92.5 Å². The molecule has 2 aromatic carbocycles. The van der Waals surface area contributed by atoms with Gasteiger partial charge in [-0.05, 0) is 13.8 Å². The highest BCUT2D eigenvalue weighted by Crippen LogP contribution is 2.28. The van der Waals surface area contributed by atoms with Gasteiger partial charge in [0.15, 0.2) is 0 Å². The minimum absolute atomic E-state index is 0.260. The lowest BCUT2D eigenvalue weighted by molar-refractivity contribution is 0.813. The van der Waals surface area contributed by atoms with Crippen LogP contribution < -0.4 is 11.1 Å². The van der Waals surface area contributed by atoms with Crippen LogP contribution >= 0.6 is 0 Å². The number of benzene rings is 2. The summed E-state index contributed by atoms with van der Waals surface area (Å²) in [5.74, 6) is 0. The maximum absolute atomic E-state index is 12.7. The molecular weight excluding hydrogens is 300 g/mol. The molecule has 0 saturated carbocycles. The fraction of sp³-hybridized carbons (Fsp3) is 0.100. The van der Waals surface area contributed by atoms with E-state index in [-0.39, 0.29) is 11.1 Å². The molecular formula is C20H16N2O2. The van der Waals surface area contributed by atoms with Gasteiger partial charge < -0.3 is 0 Å². The van der Waals surface area contributed by atoms with E-state index in [4.69, 9.17) is 0 Å². The number of fused-ring (bicyclic) bond motifs is 1. The molecule has 0 aliphatic carbocycles. The Morgan fingerprint density at radius 2 is 0.958 bits per heavy atom. The molecule has 24 heavy (non-hydrogen) atoms. The van der Waals surface area contributed by atoms with Gasteiger partial charge in [-0.15, -0.1) is 0 Å². The number of rotatable bonds is 2. The molecule has 0 aliphatic heterocycles. The van der Waals surface area contributed by atoms with Crippen molar-refractivity contribution in [3.8, 4) is 22.5 Å². The zero-order chi connectivity index (χ0) is 16.8. The van der Waals surface area contributed by atoms with Crippen LogP contribution in [-0.2, 0) is 0 Å². The normalized spacial score (nSPS) is 11.2. The molecule has 2 aromatic heterocycles. The summed E-state index contributed by atoms with van der Waals surface area (Å²) < 4.78 is 3.01. The zero-order valence-electron chi connectivity index (χ0n) is 13.5. The van der Waals surface area contributed by atoms with Crippen LogP contribution in [0.15, 0.2) is 70.3 Å². The predicted octanol–water partition coefficient (Wildman–Crippen LogP) is 3.15. The Hall–Kier alpha value is -3.14. The average Bonchev–Trinajstić information content (AvgIpc) is 3.02. The Morgan fingerprint density at radius 3 is 1.33 bits per heavy atom. The van der Waals surface area contributed by atoms with Gasteiger partial charge in [0.2, 0.25) is 0 Å². The van der Waals surface area contributed by atoms with Gasteiger partial charge in [-0.25, -0.2) is 4.52 Å². The highest BCUT2D eigenvalue weighted by molar-refractivity contribution is 5.70. The zero-order valence-corrected chi connectivity index (χ0v) is 13.5. The highest BCUT2D eigenvalue weighted by Gasteiger charge is 2.23. The van der Waals surface area contributed by atoms with Crippen LogP contribution in [0.5, 0.6) is 0 Å². The van der Waals surface area contributed by atoms with Crippen LogP contribution in [0.25, 0.3) is 22.5 Å².